The van der Waals surface area contributed by atoms with Crippen LogP contribution in [0.3, 0.4) is 0 Å². The maximum Gasteiger partial charge on any atom is 0.408 e. The van der Waals surface area contributed by atoms with Crippen LogP contribution in [0.5, 0.6) is 5.75 Å². The van der Waals surface area contributed by atoms with E-state index in [1.165, 1.54) is 22.4 Å². The fourth-order valence-corrected chi connectivity index (χ4v) is 7.24. The van der Waals surface area contributed by atoms with Gasteiger partial charge >= 0.3 is 6.09 Å². The Hall–Kier alpha value is -5.54. The van der Waals surface area contributed by atoms with Gasteiger partial charge in [-0.25, -0.2) is 31.3 Å². The molecule has 1 amide bonds. The molecule has 6 rings (SSSR count). The standard InChI is InChI=1S/C38H37ClF2N6O6S/c1-38(2,3)53-37(49)43-30(19-23-17-24(40)20-25(41)18-23)34-42-29-10-8-7-9-27(29)36(48)47(34)31-16-15-28(39)32-33(31)45(4)44-35(32)46(54(6,50)51)21-22-11-13-26(52-5)14-12-22/h7-18,20,30H,19,21H2,1-6H3,(H,43,49)/t30-/m0/s1. The minimum Gasteiger partial charge on any atom is -0.497 e. The van der Waals surface area contributed by atoms with Crippen molar-refractivity contribution < 1.29 is 31.5 Å². The highest BCUT2D eigenvalue weighted by atomic mass is 35.5. The fourth-order valence-electron chi connectivity index (χ4n) is 6.18. The molecule has 0 bridgehead atoms. The highest BCUT2D eigenvalue weighted by Crippen LogP contribution is 2.38. The van der Waals surface area contributed by atoms with E-state index >= 15 is 0 Å². The number of ether oxygens (including phenoxy) is 2. The van der Waals surface area contributed by atoms with Gasteiger partial charge in [-0.05, 0) is 80.4 Å². The van der Waals surface area contributed by atoms with Crippen LogP contribution in [-0.4, -0.2) is 52.8 Å². The molecule has 16 heteroatoms. The van der Waals surface area contributed by atoms with Gasteiger partial charge in [-0.2, -0.15) is 5.10 Å². The zero-order valence-electron chi connectivity index (χ0n) is 30.2. The molecule has 0 unspecified atom stereocenters. The second-order valence-corrected chi connectivity index (χ2v) is 16.0. The molecule has 0 fully saturated rings. The third-order valence-corrected chi connectivity index (χ3v) is 9.84. The summed E-state index contributed by atoms with van der Waals surface area (Å²) in [5.41, 5.74) is 0.0573. The van der Waals surface area contributed by atoms with E-state index in [0.717, 1.165) is 28.8 Å². The summed E-state index contributed by atoms with van der Waals surface area (Å²) >= 11 is 6.84. The molecule has 282 valence electrons. The van der Waals surface area contributed by atoms with E-state index < -0.39 is 45.0 Å². The van der Waals surface area contributed by atoms with Crippen molar-refractivity contribution in [3.8, 4) is 11.4 Å². The summed E-state index contributed by atoms with van der Waals surface area (Å²) in [5, 5.41) is 7.95. The summed E-state index contributed by atoms with van der Waals surface area (Å²) < 4.78 is 70.3. The number of aryl methyl sites for hydroxylation is 1. The minimum atomic E-state index is -3.97. The van der Waals surface area contributed by atoms with E-state index in [2.05, 4.69) is 10.4 Å². The van der Waals surface area contributed by atoms with Gasteiger partial charge in [0, 0.05) is 19.5 Å². The smallest absolute Gasteiger partial charge is 0.408 e. The molecule has 0 spiro atoms. The van der Waals surface area contributed by atoms with E-state index in [0.29, 0.717) is 11.3 Å². The number of para-hydroxylation sites is 1. The van der Waals surface area contributed by atoms with Crippen molar-refractivity contribution in [1.29, 1.82) is 0 Å². The number of hydrogen-bond donors (Lipinski definition) is 1. The molecular weight excluding hydrogens is 742 g/mol. The maximum absolute atomic E-state index is 14.6. The Morgan fingerprint density at radius 3 is 2.30 bits per heavy atom. The number of rotatable bonds is 10. The van der Waals surface area contributed by atoms with Gasteiger partial charge < -0.3 is 14.8 Å². The van der Waals surface area contributed by atoms with Crippen LogP contribution < -0.4 is 19.9 Å². The summed E-state index contributed by atoms with van der Waals surface area (Å²) in [6.45, 7) is 4.91. The molecule has 0 aliphatic carbocycles. The van der Waals surface area contributed by atoms with Crippen LogP contribution in [0, 0.1) is 11.6 Å². The van der Waals surface area contributed by atoms with Crippen molar-refractivity contribution in [3.05, 3.63) is 123 Å². The lowest BCUT2D eigenvalue weighted by Gasteiger charge is -2.26. The molecule has 0 aliphatic rings. The first-order chi connectivity index (χ1) is 25.4. The van der Waals surface area contributed by atoms with E-state index in [-0.39, 0.29) is 62.7 Å². The zero-order valence-corrected chi connectivity index (χ0v) is 31.8. The summed E-state index contributed by atoms with van der Waals surface area (Å²) in [6, 6.07) is 18.3. The predicted octanol–water partition coefficient (Wildman–Crippen LogP) is 6.99. The molecule has 6 aromatic rings. The van der Waals surface area contributed by atoms with Crippen molar-refractivity contribution in [3.63, 3.8) is 0 Å². The number of alkyl carbamates (subject to hydrolysis) is 1. The van der Waals surface area contributed by atoms with Crippen LogP contribution in [0.25, 0.3) is 27.5 Å². The lowest BCUT2D eigenvalue weighted by molar-refractivity contribution is 0.0500. The lowest BCUT2D eigenvalue weighted by atomic mass is 10.0. The Labute approximate surface area is 314 Å². The summed E-state index contributed by atoms with van der Waals surface area (Å²) in [6.07, 6.45) is -0.0347. The summed E-state index contributed by atoms with van der Waals surface area (Å²) in [5.74, 6) is -1.10. The number of fused-ring (bicyclic) bond motifs is 2. The minimum absolute atomic E-state index is 0.000295. The average molecular weight is 779 g/mol. The van der Waals surface area contributed by atoms with Gasteiger partial charge in [0.25, 0.3) is 5.56 Å². The number of amides is 1. The lowest BCUT2D eigenvalue weighted by Crippen LogP contribution is -2.39. The third kappa shape index (κ3) is 8.01. The van der Waals surface area contributed by atoms with E-state index in [1.54, 1.807) is 82.4 Å². The molecule has 0 saturated heterocycles. The summed E-state index contributed by atoms with van der Waals surface area (Å²) in [7, 11) is -0.871. The van der Waals surface area contributed by atoms with Crippen LogP contribution in [0.1, 0.15) is 43.8 Å². The number of nitrogens with one attached hydrogen (secondary N) is 1. The molecular formula is C38H37ClF2N6O6S. The number of benzene rings is 4. The Kier molecular flexibility index (Phi) is 10.4. The normalized spacial score (nSPS) is 12.5. The first-order valence-corrected chi connectivity index (χ1v) is 18.9. The molecule has 1 N–H and O–H groups in total. The van der Waals surface area contributed by atoms with Crippen molar-refractivity contribution >= 4 is 55.3 Å². The van der Waals surface area contributed by atoms with Crippen molar-refractivity contribution in [2.45, 2.75) is 45.4 Å². The maximum atomic E-state index is 14.6. The monoisotopic (exact) mass is 778 g/mol. The molecule has 0 radical (unpaired) electrons. The molecule has 0 aliphatic heterocycles. The zero-order chi connectivity index (χ0) is 39.1. The SMILES string of the molecule is COc1ccc(CN(c2nn(C)c3c(-n4c([C@H](Cc5cc(F)cc(F)c5)NC(=O)OC(C)(C)C)nc5ccccc5c4=O)ccc(Cl)c23)S(C)(=O)=O)cc1. The predicted molar refractivity (Wildman–Crippen MR) is 203 cm³/mol. The largest absolute Gasteiger partial charge is 0.497 e. The molecule has 4 aromatic carbocycles. The van der Waals surface area contributed by atoms with E-state index in [4.69, 9.17) is 26.1 Å². The van der Waals surface area contributed by atoms with Crippen molar-refractivity contribution in [2.24, 2.45) is 7.05 Å². The number of carbonyl (C=O) groups is 1. The van der Waals surface area contributed by atoms with Crippen molar-refractivity contribution in [1.82, 2.24) is 24.6 Å². The van der Waals surface area contributed by atoms with Crippen LogP contribution >= 0.6 is 11.6 Å². The fraction of sp³-hybridized carbons (Fsp3) is 0.263. The van der Waals surface area contributed by atoms with Crippen LogP contribution in [0.4, 0.5) is 19.4 Å². The number of aromatic nitrogens is 4. The first-order valence-electron chi connectivity index (χ1n) is 16.7. The molecule has 54 heavy (non-hydrogen) atoms. The molecule has 12 nitrogen and oxygen atoms in total. The Morgan fingerprint density at radius 1 is 1.00 bits per heavy atom. The topological polar surface area (TPSA) is 138 Å². The van der Waals surface area contributed by atoms with Gasteiger partial charge in [0.2, 0.25) is 10.0 Å². The molecule has 2 aromatic heterocycles. The second-order valence-electron chi connectivity index (χ2n) is 13.7. The van der Waals surface area contributed by atoms with Crippen LogP contribution in [-0.2, 0) is 34.8 Å². The number of anilines is 1. The van der Waals surface area contributed by atoms with Gasteiger partial charge in [0.1, 0.15) is 28.8 Å². The number of methoxy groups -OCH3 is 1. The Morgan fingerprint density at radius 2 is 1.67 bits per heavy atom. The quantitative estimate of drug-likeness (QED) is 0.157. The number of halogens is 3. The third-order valence-electron chi connectivity index (χ3n) is 8.43. The van der Waals surface area contributed by atoms with Crippen LogP contribution in [0.15, 0.2) is 83.7 Å². The summed E-state index contributed by atoms with van der Waals surface area (Å²) in [4.78, 5) is 32.8. The Bertz CT molecular complexity index is 2550. The number of sulfonamides is 1. The number of hydrogen-bond acceptors (Lipinski definition) is 8. The first kappa shape index (κ1) is 38.2. The van der Waals surface area contributed by atoms with Gasteiger partial charge in [0.15, 0.2) is 5.82 Å². The van der Waals surface area contributed by atoms with E-state index in [9.17, 15) is 26.8 Å². The molecule has 2 heterocycles. The van der Waals surface area contributed by atoms with Gasteiger partial charge in [-0.1, -0.05) is 35.9 Å². The van der Waals surface area contributed by atoms with Crippen LogP contribution in [0.2, 0.25) is 5.02 Å². The van der Waals surface area contributed by atoms with E-state index in [1.807, 2.05) is 0 Å². The molecule has 1 atom stereocenters. The Balaban J connectivity index is 1.61. The second kappa shape index (κ2) is 14.7. The van der Waals surface area contributed by atoms with Crippen molar-refractivity contribution in [2.75, 3.05) is 17.7 Å². The highest BCUT2D eigenvalue weighted by molar-refractivity contribution is 7.92. The number of nitrogens with zero attached hydrogens (tertiary/aromatic N) is 5. The van der Waals surface area contributed by atoms with Gasteiger partial charge in [0.05, 0.1) is 58.5 Å². The average Bonchev–Trinajstić information content (AvgIpc) is 3.43. The molecule has 0 saturated carbocycles. The highest BCUT2D eigenvalue weighted by Gasteiger charge is 2.31. The number of carbonyl (C=O) groups excluding carboxylic acids is 1. The van der Waals surface area contributed by atoms with Gasteiger partial charge in [-0.3, -0.25) is 14.0 Å². The van der Waals surface area contributed by atoms with Gasteiger partial charge in [-0.15, -0.1) is 0 Å².